The largest absolute Gasteiger partial charge is 0.481 e. The van der Waals surface area contributed by atoms with E-state index in [1.54, 1.807) is 0 Å². The molecule has 0 aliphatic heterocycles. The second kappa shape index (κ2) is 13.7. The fraction of sp³-hybridized carbons (Fsp3) is 0.357. The Kier molecular flexibility index (Phi) is 11.7. The zero-order valence-corrected chi connectivity index (χ0v) is 20.8. The monoisotopic (exact) mass is 454 g/mol. The summed E-state index contributed by atoms with van der Waals surface area (Å²) in [6.45, 7) is 12.1. The van der Waals surface area contributed by atoms with Crippen LogP contribution < -0.4 is 0 Å². The summed E-state index contributed by atoms with van der Waals surface area (Å²) < 4.78 is 0. The first-order valence-electron chi connectivity index (χ1n) is 11.3. The maximum absolute atomic E-state index is 10.9. The van der Waals surface area contributed by atoms with Crippen LogP contribution in [-0.4, -0.2) is 16.3 Å². The van der Waals surface area contributed by atoms with Crippen molar-refractivity contribution in [1.29, 1.82) is 0 Å². The summed E-state index contributed by atoms with van der Waals surface area (Å²) in [5.74, 6) is -0.754. The second-order valence-electron chi connectivity index (χ2n) is 7.29. The highest BCUT2D eigenvalue weighted by atomic mass is 35.5. The third kappa shape index (κ3) is 7.20. The molecule has 4 rings (SSSR count). The molecule has 2 aliphatic rings. The average molecular weight is 455 g/mol. The van der Waals surface area contributed by atoms with E-state index >= 15 is 0 Å². The van der Waals surface area contributed by atoms with Crippen LogP contribution in [0.1, 0.15) is 76.6 Å². The molecule has 0 saturated heterocycles. The molecular formula is C28H35ClO3. The lowest BCUT2D eigenvalue weighted by Crippen LogP contribution is -1.96. The highest BCUT2D eigenvalue weighted by molar-refractivity contribution is 6.64. The van der Waals surface area contributed by atoms with Gasteiger partial charge in [0.1, 0.15) is 0 Å². The van der Waals surface area contributed by atoms with Crippen LogP contribution >= 0.6 is 11.6 Å². The lowest BCUT2D eigenvalue weighted by Gasteiger charge is -2.02. The zero-order valence-electron chi connectivity index (χ0n) is 20.1. The molecule has 0 aromatic heterocycles. The average Bonchev–Trinajstić information content (AvgIpc) is 3.27. The molecule has 2 aromatic carbocycles. The van der Waals surface area contributed by atoms with E-state index < -0.39 is 5.97 Å². The fourth-order valence-corrected chi connectivity index (χ4v) is 4.10. The van der Waals surface area contributed by atoms with Crippen LogP contribution in [0.4, 0.5) is 0 Å². The number of aliphatic carboxylic acids is 1. The van der Waals surface area contributed by atoms with Gasteiger partial charge in [-0.1, -0.05) is 87.4 Å². The van der Waals surface area contributed by atoms with Crippen molar-refractivity contribution in [2.75, 3.05) is 0 Å². The second-order valence-corrected chi connectivity index (χ2v) is 7.71. The smallest absolute Gasteiger partial charge is 0.307 e. The Hall–Kier alpha value is -2.65. The van der Waals surface area contributed by atoms with Crippen molar-refractivity contribution in [1.82, 2.24) is 0 Å². The van der Waals surface area contributed by atoms with Gasteiger partial charge in [0.25, 0.3) is 0 Å². The van der Waals surface area contributed by atoms with E-state index in [0.29, 0.717) is 6.42 Å². The predicted molar refractivity (Wildman–Crippen MR) is 136 cm³/mol. The number of halogens is 1. The summed E-state index contributed by atoms with van der Waals surface area (Å²) in [5.41, 5.74) is 9.42. The third-order valence-corrected chi connectivity index (χ3v) is 5.40. The van der Waals surface area contributed by atoms with Gasteiger partial charge in [-0.3, -0.25) is 9.59 Å². The van der Waals surface area contributed by atoms with Crippen LogP contribution in [0.15, 0.2) is 59.7 Å². The van der Waals surface area contributed by atoms with Gasteiger partial charge < -0.3 is 5.11 Å². The van der Waals surface area contributed by atoms with Crippen LogP contribution in [0, 0.1) is 0 Å². The lowest BCUT2D eigenvalue weighted by molar-refractivity contribution is -0.135. The predicted octanol–water partition coefficient (Wildman–Crippen LogP) is 7.72. The summed E-state index contributed by atoms with van der Waals surface area (Å²) >= 11 is 5.42. The van der Waals surface area contributed by atoms with E-state index in [0.717, 1.165) is 29.6 Å². The third-order valence-electron chi connectivity index (χ3n) is 5.27. The van der Waals surface area contributed by atoms with Gasteiger partial charge in [-0.25, -0.2) is 0 Å². The Bertz CT molecular complexity index is 918. The number of carboxylic acids is 1. The number of allylic oxidation sites excluding steroid dienone is 3. The molecule has 2 aliphatic carbocycles. The molecule has 0 heterocycles. The summed E-state index contributed by atoms with van der Waals surface area (Å²) in [7, 11) is 0. The lowest BCUT2D eigenvalue weighted by atomic mass is 10.0. The summed E-state index contributed by atoms with van der Waals surface area (Å²) in [4.78, 5) is 21.6. The van der Waals surface area contributed by atoms with Crippen molar-refractivity contribution in [3.05, 3.63) is 81.9 Å². The first-order valence-corrected chi connectivity index (χ1v) is 11.7. The molecule has 0 saturated carbocycles. The van der Waals surface area contributed by atoms with Crippen LogP contribution in [0.2, 0.25) is 0 Å². The standard InChI is InChI=1S/C12H11ClO.C12H12O2.2C2H6/c2*1-8-6-9-4-2-3-5-10(9)11(8)7-12(13)14;2*1-2/h2-5H,6-7H2,1H3;2-5H,6-7H2,1H3,(H,13,14);2*1-2H3. The molecule has 2 aromatic rings. The molecule has 0 radical (unpaired) electrons. The van der Waals surface area contributed by atoms with Crippen molar-refractivity contribution in [2.24, 2.45) is 0 Å². The molecule has 0 amide bonds. The minimum atomic E-state index is -0.754. The Morgan fingerprint density at radius 2 is 1.12 bits per heavy atom. The molecule has 172 valence electrons. The van der Waals surface area contributed by atoms with Crippen LogP contribution in [-0.2, 0) is 22.4 Å². The van der Waals surface area contributed by atoms with Crippen molar-refractivity contribution >= 4 is 34.0 Å². The topological polar surface area (TPSA) is 54.4 Å². The number of carbonyl (C=O) groups excluding carboxylic acids is 1. The molecule has 3 nitrogen and oxygen atoms in total. The van der Waals surface area contributed by atoms with Crippen molar-refractivity contribution in [3.63, 3.8) is 0 Å². The number of benzene rings is 2. The van der Waals surface area contributed by atoms with E-state index in [1.165, 1.54) is 27.8 Å². The molecule has 32 heavy (non-hydrogen) atoms. The molecule has 4 heteroatoms. The molecule has 0 spiro atoms. The first-order chi connectivity index (χ1) is 15.4. The van der Waals surface area contributed by atoms with Gasteiger partial charge in [0.15, 0.2) is 0 Å². The fourth-order valence-electron chi connectivity index (χ4n) is 3.96. The number of rotatable bonds is 4. The van der Waals surface area contributed by atoms with Crippen molar-refractivity contribution < 1.29 is 14.7 Å². The maximum Gasteiger partial charge on any atom is 0.307 e. The highest BCUT2D eigenvalue weighted by Crippen LogP contribution is 2.35. The van der Waals surface area contributed by atoms with Gasteiger partial charge in [0.2, 0.25) is 5.24 Å². The Labute approximate surface area is 197 Å². The number of fused-ring (bicyclic) bond motifs is 2. The summed E-state index contributed by atoms with van der Waals surface area (Å²) in [5, 5.41) is 8.50. The zero-order chi connectivity index (χ0) is 24.3. The summed E-state index contributed by atoms with van der Waals surface area (Å²) in [6, 6.07) is 16.2. The Balaban J connectivity index is 0.000000277. The van der Waals surface area contributed by atoms with Crippen LogP contribution in [0.3, 0.4) is 0 Å². The maximum atomic E-state index is 10.9. The van der Waals surface area contributed by atoms with Crippen molar-refractivity contribution in [3.8, 4) is 0 Å². The quantitative estimate of drug-likeness (QED) is 0.481. The highest BCUT2D eigenvalue weighted by Gasteiger charge is 2.20. The van der Waals surface area contributed by atoms with Gasteiger partial charge >= 0.3 is 5.97 Å². The van der Waals surface area contributed by atoms with E-state index in [1.807, 2.05) is 65.0 Å². The SMILES string of the molecule is CC.CC.CC1=C(CC(=O)Cl)c2ccccc2C1.CC1=C(CC(=O)O)c2ccccc2C1. The number of hydrogen-bond acceptors (Lipinski definition) is 2. The normalized spacial score (nSPS) is 13.0. The molecule has 1 N–H and O–H groups in total. The molecule has 0 unspecified atom stereocenters. The van der Waals surface area contributed by atoms with E-state index in [2.05, 4.69) is 25.1 Å². The van der Waals surface area contributed by atoms with Crippen LogP contribution in [0.5, 0.6) is 0 Å². The Morgan fingerprint density at radius 3 is 1.50 bits per heavy atom. The number of hydrogen-bond donors (Lipinski definition) is 1. The molecule has 0 fully saturated rings. The molecule has 0 bridgehead atoms. The van der Waals surface area contributed by atoms with E-state index in [-0.39, 0.29) is 11.7 Å². The van der Waals surface area contributed by atoms with Gasteiger partial charge in [0.05, 0.1) is 6.42 Å². The minimum absolute atomic E-state index is 0.142. The van der Waals surface area contributed by atoms with Gasteiger partial charge in [-0.15, -0.1) is 0 Å². The van der Waals surface area contributed by atoms with E-state index in [4.69, 9.17) is 16.7 Å². The van der Waals surface area contributed by atoms with E-state index in [9.17, 15) is 9.59 Å². The summed E-state index contributed by atoms with van der Waals surface area (Å²) in [6.07, 6.45) is 2.35. The molecular weight excluding hydrogens is 420 g/mol. The minimum Gasteiger partial charge on any atom is -0.481 e. The number of carbonyl (C=O) groups is 2. The van der Waals surface area contributed by atoms with Crippen molar-refractivity contribution in [2.45, 2.75) is 67.2 Å². The first kappa shape index (κ1) is 27.4. The van der Waals surface area contributed by atoms with Gasteiger partial charge in [-0.05, 0) is 71.7 Å². The molecule has 0 atom stereocenters. The Morgan fingerprint density at radius 1 is 0.750 bits per heavy atom. The number of carboxylic acid groups (broad SMARTS) is 1. The van der Waals surface area contributed by atoms with Crippen LogP contribution in [0.25, 0.3) is 11.1 Å². The van der Waals surface area contributed by atoms with Gasteiger partial charge in [0, 0.05) is 6.42 Å². The van der Waals surface area contributed by atoms with Gasteiger partial charge in [-0.2, -0.15) is 0 Å².